The Morgan fingerprint density at radius 3 is 2.10 bits per heavy atom. The average molecular weight is 571 g/mol. The number of nitrogens with two attached hydrogens (primary N) is 1. The van der Waals surface area contributed by atoms with Crippen molar-refractivity contribution < 1.29 is 28.5 Å². The fourth-order valence-electron chi connectivity index (χ4n) is 4.44. The first-order valence-corrected chi connectivity index (χ1v) is 15.4. The van der Waals surface area contributed by atoms with Gasteiger partial charge in [0, 0.05) is 25.3 Å². The van der Waals surface area contributed by atoms with Crippen molar-refractivity contribution in [3.05, 3.63) is 83.4 Å². The maximum atomic E-state index is 11.4. The van der Waals surface area contributed by atoms with Gasteiger partial charge in [-0.25, -0.2) is 13.6 Å². The highest BCUT2D eigenvalue weighted by Gasteiger charge is 2.10. The van der Waals surface area contributed by atoms with Gasteiger partial charge in [-0.2, -0.15) is 0 Å². The molecule has 1 atom stereocenters. The van der Waals surface area contributed by atoms with E-state index in [-0.39, 0.29) is 17.3 Å². The number of unbranched alkanes of at least 4 members (excludes halogenated alkanes) is 4. The topological polar surface area (TPSA) is 142 Å². The molecule has 3 aromatic rings. The van der Waals surface area contributed by atoms with Gasteiger partial charge >= 0.3 is 0 Å². The van der Waals surface area contributed by atoms with Gasteiger partial charge in [-0.3, -0.25) is 0 Å². The summed E-state index contributed by atoms with van der Waals surface area (Å²) in [5.41, 5.74) is 4.35. The number of sulfonamides is 1. The van der Waals surface area contributed by atoms with Crippen molar-refractivity contribution in [1.82, 2.24) is 5.32 Å². The summed E-state index contributed by atoms with van der Waals surface area (Å²) in [7, 11) is -3.68. The maximum absolute atomic E-state index is 11.4. The van der Waals surface area contributed by atoms with Gasteiger partial charge in [-0.15, -0.1) is 0 Å². The lowest BCUT2D eigenvalue weighted by atomic mass is 10.0. The number of aromatic hydroxyl groups is 1. The van der Waals surface area contributed by atoms with E-state index in [1.807, 2.05) is 0 Å². The van der Waals surface area contributed by atoms with Gasteiger partial charge in [0.1, 0.15) is 5.75 Å². The fourth-order valence-corrected chi connectivity index (χ4v) is 4.96. The standard InChI is InChI=1S/C31H42N2O6S/c32-40(37,38)29-15-12-26(13-16-29)25-10-8-24(9-11-25)7-3-6-20-39-19-5-2-1-4-18-33-22-31(36)27-14-17-30(35)28(21-27)23-34/h8-17,21,31,33-36H,1-7,18-20,22-23H2,(H2,32,37,38)/t31-/m0/s1. The normalized spacial score (nSPS) is 12.5. The molecular formula is C31H42N2O6S. The third-order valence-electron chi connectivity index (χ3n) is 6.86. The summed E-state index contributed by atoms with van der Waals surface area (Å²) in [5, 5.41) is 37.6. The van der Waals surface area contributed by atoms with E-state index in [1.165, 1.54) is 23.8 Å². The summed E-state index contributed by atoms with van der Waals surface area (Å²) in [6.07, 6.45) is 6.68. The largest absolute Gasteiger partial charge is 0.508 e. The molecule has 0 unspecified atom stereocenters. The van der Waals surface area contributed by atoms with Crippen LogP contribution in [-0.2, 0) is 27.8 Å². The van der Waals surface area contributed by atoms with E-state index in [1.54, 1.807) is 24.3 Å². The van der Waals surface area contributed by atoms with Crippen LogP contribution in [0.3, 0.4) is 0 Å². The van der Waals surface area contributed by atoms with Crippen molar-refractivity contribution >= 4 is 10.0 Å². The van der Waals surface area contributed by atoms with Crippen molar-refractivity contribution in [3.63, 3.8) is 0 Å². The van der Waals surface area contributed by atoms with Gasteiger partial charge in [-0.05, 0) is 85.2 Å². The van der Waals surface area contributed by atoms with Crippen LogP contribution in [0.2, 0.25) is 0 Å². The molecule has 0 heterocycles. The Hall–Kier alpha value is -2.79. The summed E-state index contributed by atoms with van der Waals surface area (Å²) in [5.74, 6) is 0.0362. The minimum atomic E-state index is -3.68. The van der Waals surface area contributed by atoms with E-state index in [0.29, 0.717) is 17.7 Å². The number of phenols is 1. The van der Waals surface area contributed by atoms with Crippen LogP contribution < -0.4 is 10.5 Å². The predicted octanol–water partition coefficient (Wildman–Crippen LogP) is 4.42. The van der Waals surface area contributed by atoms with Crippen LogP contribution >= 0.6 is 0 Å². The smallest absolute Gasteiger partial charge is 0.238 e. The highest BCUT2D eigenvalue weighted by molar-refractivity contribution is 7.89. The molecule has 0 bridgehead atoms. The minimum Gasteiger partial charge on any atom is -0.508 e. The lowest BCUT2D eigenvalue weighted by Gasteiger charge is -2.14. The summed E-state index contributed by atoms with van der Waals surface area (Å²) >= 11 is 0. The van der Waals surface area contributed by atoms with Crippen LogP contribution in [0.4, 0.5) is 0 Å². The Labute approximate surface area is 237 Å². The van der Waals surface area contributed by atoms with Crippen LogP contribution in [0, 0.1) is 0 Å². The summed E-state index contributed by atoms with van der Waals surface area (Å²) in [4.78, 5) is 0.114. The van der Waals surface area contributed by atoms with Crippen LogP contribution in [0.5, 0.6) is 5.75 Å². The minimum absolute atomic E-state index is 0.0362. The van der Waals surface area contributed by atoms with Gasteiger partial charge in [0.15, 0.2) is 0 Å². The molecule has 0 aliphatic rings. The molecular weight excluding hydrogens is 528 g/mol. The third-order valence-corrected chi connectivity index (χ3v) is 7.79. The number of aliphatic hydroxyl groups is 2. The Kier molecular flexibility index (Phi) is 13.1. The first-order valence-electron chi connectivity index (χ1n) is 13.9. The van der Waals surface area contributed by atoms with Gasteiger partial charge in [-0.1, -0.05) is 55.3 Å². The van der Waals surface area contributed by atoms with E-state index in [9.17, 15) is 23.7 Å². The molecule has 0 saturated heterocycles. The molecule has 40 heavy (non-hydrogen) atoms. The van der Waals surface area contributed by atoms with E-state index >= 15 is 0 Å². The molecule has 0 amide bonds. The summed E-state index contributed by atoms with van der Waals surface area (Å²) < 4.78 is 28.6. The number of hydrogen-bond acceptors (Lipinski definition) is 7. The third kappa shape index (κ3) is 10.6. The van der Waals surface area contributed by atoms with Gasteiger partial charge in [0.25, 0.3) is 0 Å². The van der Waals surface area contributed by atoms with Crippen LogP contribution in [0.15, 0.2) is 71.6 Å². The number of nitrogens with one attached hydrogen (secondary N) is 1. The number of aryl methyl sites for hydroxylation is 1. The molecule has 9 heteroatoms. The Morgan fingerprint density at radius 2 is 1.45 bits per heavy atom. The van der Waals surface area contributed by atoms with Crippen molar-refractivity contribution in [1.29, 1.82) is 0 Å². The molecule has 6 N–H and O–H groups in total. The predicted molar refractivity (Wildman–Crippen MR) is 157 cm³/mol. The second-order valence-corrected chi connectivity index (χ2v) is 11.6. The zero-order chi connectivity index (χ0) is 28.8. The first-order chi connectivity index (χ1) is 19.3. The van der Waals surface area contributed by atoms with Crippen molar-refractivity contribution in [2.24, 2.45) is 5.14 Å². The Morgan fingerprint density at radius 1 is 0.825 bits per heavy atom. The second-order valence-electron chi connectivity index (χ2n) is 10.0. The van der Waals surface area contributed by atoms with Crippen molar-refractivity contribution in [3.8, 4) is 16.9 Å². The molecule has 0 spiro atoms. The fraction of sp³-hybridized carbons (Fsp3) is 0.419. The van der Waals surface area contributed by atoms with Crippen molar-refractivity contribution in [2.75, 3.05) is 26.3 Å². The maximum Gasteiger partial charge on any atom is 0.238 e. The molecule has 0 saturated carbocycles. The van der Waals surface area contributed by atoms with Gasteiger partial charge in [0.05, 0.1) is 17.6 Å². The molecule has 8 nitrogen and oxygen atoms in total. The average Bonchev–Trinajstić information content (AvgIpc) is 2.95. The molecule has 218 valence electrons. The molecule has 0 aliphatic heterocycles. The van der Waals surface area contributed by atoms with E-state index < -0.39 is 16.1 Å². The molecule has 3 aromatic carbocycles. The van der Waals surface area contributed by atoms with Crippen LogP contribution in [-0.4, -0.2) is 50.0 Å². The lowest BCUT2D eigenvalue weighted by molar-refractivity contribution is 0.126. The zero-order valence-corrected chi connectivity index (χ0v) is 23.8. The number of hydrogen-bond donors (Lipinski definition) is 5. The monoisotopic (exact) mass is 570 g/mol. The SMILES string of the molecule is NS(=O)(=O)c1ccc(-c2ccc(CCCCOCCCCCCNC[C@H](O)c3ccc(O)c(CO)c3)cc2)cc1. The van der Waals surface area contributed by atoms with E-state index in [0.717, 1.165) is 75.8 Å². The highest BCUT2D eigenvalue weighted by atomic mass is 32.2. The Bertz CT molecular complexity index is 1260. The van der Waals surface area contributed by atoms with Crippen LogP contribution in [0.25, 0.3) is 11.1 Å². The number of benzene rings is 3. The number of primary sulfonamides is 1. The van der Waals surface area contributed by atoms with E-state index in [4.69, 9.17) is 9.88 Å². The zero-order valence-electron chi connectivity index (χ0n) is 23.0. The summed E-state index contributed by atoms with van der Waals surface area (Å²) in [6, 6.07) is 19.7. The molecule has 0 aliphatic carbocycles. The Balaban J connectivity index is 1.17. The number of ether oxygens (including phenoxy) is 1. The lowest BCUT2D eigenvalue weighted by Crippen LogP contribution is -2.22. The summed E-state index contributed by atoms with van der Waals surface area (Å²) in [6.45, 7) is 2.54. The molecule has 3 rings (SSSR count). The van der Waals surface area contributed by atoms with E-state index in [2.05, 4.69) is 29.6 Å². The highest BCUT2D eigenvalue weighted by Crippen LogP contribution is 2.23. The number of aliphatic hydroxyl groups excluding tert-OH is 2. The van der Waals surface area contributed by atoms with Crippen molar-refractivity contribution in [2.45, 2.75) is 62.6 Å². The number of rotatable bonds is 18. The quantitative estimate of drug-likeness (QED) is 0.143. The first kappa shape index (κ1) is 31.7. The second kappa shape index (κ2) is 16.5. The van der Waals surface area contributed by atoms with Gasteiger partial charge < -0.3 is 25.4 Å². The van der Waals surface area contributed by atoms with Gasteiger partial charge in [0.2, 0.25) is 10.0 Å². The molecule has 0 aromatic heterocycles. The van der Waals surface area contributed by atoms with Crippen LogP contribution in [0.1, 0.15) is 61.3 Å². The molecule has 0 fully saturated rings. The molecule has 0 radical (unpaired) electrons.